The molecule has 0 spiro atoms. The zero-order chi connectivity index (χ0) is 11.2. The Morgan fingerprint density at radius 2 is 2.06 bits per heavy atom. The van der Waals surface area contributed by atoms with Gasteiger partial charge in [0.25, 0.3) is 0 Å². The summed E-state index contributed by atoms with van der Waals surface area (Å²) in [7, 11) is 0. The van der Waals surface area contributed by atoms with E-state index in [2.05, 4.69) is 16.0 Å². The maximum Gasteiger partial charge on any atom is 0.128 e. The highest BCUT2D eigenvalue weighted by Gasteiger charge is 2.16. The Balaban J connectivity index is 2.02. The van der Waals surface area contributed by atoms with Gasteiger partial charge in [-0.1, -0.05) is 19.3 Å². The van der Waals surface area contributed by atoms with Crippen LogP contribution in [0.3, 0.4) is 0 Å². The molecule has 16 heavy (non-hydrogen) atoms. The Hall–Kier alpha value is -0.960. The van der Waals surface area contributed by atoms with Gasteiger partial charge in [-0.05, 0) is 31.9 Å². The molecule has 1 saturated carbocycles. The van der Waals surface area contributed by atoms with E-state index in [0.29, 0.717) is 5.92 Å². The zero-order valence-electron chi connectivity index (χ0n) is 9.86. The first kappa shape index (κ1) is 11.5. The third-order valence-electron chi connectivity index (χ3n) is 3.35. The van der Waals surface area contributed by atoms with Gasteiger partial charge in [0, 0.05) is 24.2 Å². The number of nitrogens with two attached hydrogens (primary N) is 1. The van der Waals surface area contributed by atoms with Crippen molar-refractivity contribution in [2.45, 2.75) is 50.9 Å². The van der Waals surface area contributed by atoms with E-state index < -0.39 is 0 Å². The average Bonchev–Trinajstić information content (AvgIpc) is 2.38. The molecular weight excluding hydrogens is 198 g/mol. The minimum atomic E-state index is 0.674. The van der Waals surface area contributed by atoms with Crippen molar-refractivity contribution in [1.29, 1.82) is 0 Å². The molecule has 0 unspecified atom stereocenters. The third-order valence-corrected chi connectivity index (χ3v) is 3.35. The largest absolute Gasteiger partial charge is 0.330 e. The molecule has 0 aliphatic heterocycles. The fourth-order valence-electron chi connectivity index (χ4n) is 2.42. The minimum absolute atomic E-state index is 0.674. The van der Waals surface area contributed by atoms with E-state index in [0.717, 1.165) is 25.2 Å². The maximum absolute atomic E-state index is 5.50. The van der Waals surface area contributed by atoms with Crippen LogP contribution in [0.2, 0.25) is 0 Å². The van der Waals surface area contributed by atoms with Crippen molar-refractivity contribution < 1.29 is 0 Å². The van der Waals surface area contributed by atoms with Gasteiger partial charge in [0.05, 0.1) is 0 Å². The van der Waals surface area contributed by atoms with E-state index in [1.54, 1.807) is 0 Å². The fraction of sp³-hybridized carbons (Fsp3) is 0.692. The van der Waals surface area contributed by atoms with Crippen LogP contribution in [-0.2, 0) is 6.42 Å². The molecule has 88 valence electrons. The lowest BCUT2D eigenvalue weighted by Gasteiger charge is -2.21. The molecule has 1 fully saturated rings. The highest BCUT2D eigenvalue weighted by atomic mass is 14.9. The van der Waals surface area contributed by atoms with Crippen molar-refractivity contribution in [3.05, 3.63) is 23.8 Å². The van der Waals surface area contributed by atoms with Gasteiger partial charge in [-0.15, -0.1) is 0 Å². The first-order valence-electron chi connectivity index (χ1n) is 6.42. The SMILES string of the molecule is NCCCc1nccc(C2CCCCC2)n1. The highest BCUT2D eigenvalue weighted by Crippen LogP contribution is 2.31. The van der Waals surface area contributed by atoms with Gasteiger partial charge in [0.1, 0.15) is 5.82 Å². The van der Waals surface area contributed by atoms with Gasteiger partial charge in [0.15, 0.2) is 0 Å². The average molecular weight is 219 g/mol. The molecule has 2 rings (SSSR count). The number of nitrogens with zero attached hydrogens (tertiary/aromatic N) is 2. The molecule has 1 heterocycles. The van der Waals surface area contributed by atoms with Crippen LogP contribution in [0.25, 0.3) is 0 Å². The third kappa shape index (κ3) is 3.01. The predicted octanol–water partition coefficient (Wildman–Crippen LogP) is 2.42. The van der Waals surface area contributed by atoms with Crippen LogP contribution in [0.1, 0.15) is 56.0 Å². The predicted molar refractivity (Wildman–Crippen MR) is 65.2 cm³/mol. The number of aryl methyl sites for hydroxylation is 1. The molecular formula is C13H21N3. The van der Waals surface area contributed by atoms with Crippen LogP contribution in [0, 0.1) is 0 Å². The van der Waals surface area contributed by atoms with Gasteiger partial charge < -0.3 is 5.73 Å². The smallest absolute Gasteiger partial charge is 0.128 e. The summed E-state index contributed by atoms with van der Waals surface area (Å²) in [5.41, 5.74) is 6.75. The molecule has 3 nitrogen and oxygen atoms in total. The van der Waals surface area contributed by atoms with Gasteiger partial charge in [-0.2, -0.15) is 0 Å². The molecule has 1 aliphatic carbocycles. The molecule has 1 aromatic heterocycles. The van der Waals surface area contributed by atoms with Crippen molar-refractivity contribution in [3.63, 3.8) is 0 Å². The quantitative estimate of drug-likeness (QED) is 0.846. The second kappa shape index (κ2) is 5.94. The van der Waals surface area contributed by atoms with E-state index in [-0.39, 0.29) is 0 Å². The summed E-state index contributed by atoms with van der Waals surface area (Å²) < 4.78 is 0. The Kier molecular flexibility index (Phi) is 4.28. The second-order valence-corrected chi connectivity index (χ2v) is 4.62. The van der Waals surface area contributed by atoms with E-state index >= 15 is 0 Å². The summed E-state index contributed by atoms with van der Waals surface area (Å²) in [5, 5.41) is 0. The van der Waals surface area contributed by atoms with E-state index in [9.17, 15) is 0 Å². The Bertz CT molecular complexity index is 319. The summed E-state index contributed by atoms with van der Waals surface area (Å²) in [6.07, 6.45) is 10.5. The molecule has 0 radical (unpaired) electrons. The summed E-state index contributed by atoms with van der Waals surface area (Å²) in [5.74, 6) is 1.64. The van der Waals surface area contributed by atoms with Gasteiger partial charge in [-0.3, -0.25) is 0 Å². The summed E-state index contributed by atoms with van der Waals surface area (Å²) >= 11 is 0. The lowest BCUT2D eigenvalue weighted by molar-refractivity contribution is 0.435. The number of hydrogen-bond donors (Lipinski definition) is 1. The van der Waals surface area contributed by atoms with E-state index in [1.165, 1.54) is 37.8 Å². The molecule has 1 aliphatic rings. The standard InChI is InChI=1S/C13H21N3/c14-9-4-7-13-15-10-8-12(16-13)11-5-2-1-3-6-11/h8,10-11H,1-7,9,14H2. The molecule has 0 atom stereocenters. The molecule has 0 saturated heterocycles. The van der Waals surface area contributed by atoms with E-state index in [4.69, 9.17) is 5.73 Å². The van der Waals surface area contributed by atoms with Crippen LogP contribution >= 0.6 is 0 Å². The number of rotatable bonds is 4. The zero-order valence-corrected chi connectivity index (χ0v) is 9.86. The highest BCUT2D eigenvalue weighted by molar-refractivity contribution is 5.09. The molecule has 0 amide bonds. The number of aromatic nitrogens is 2. The Morgan fingerprint density at radius 1 is 1.25 bits per heavy atom. The van der Waals surface area contributed by atoms with Crippen molar-refractivity contribution in [1.82, 2.24) is 9.97 Å². The van der Waals surface area contributed by atoms with E-state index in [1.807, 2.05) is 6.20 Å². The van der Waals surface area contributed by atoms with Gasteiger partial charge in [-0.25, -0.2) is 9.97 Å². The Morgan fingerprint density at radius 3 is 2.81 bits per heavy atom. The van der Waals surface area contributed by atoms with Crippen molar-refractivity contribution >= 4 is 0 Å². The molecule has 1 aromatic rings. The normalized spacial score (nSPS) is 17.6. The Labute approximate surface area is 97.5 Å². The van der Waals surface area contributed by atoms with Crippen LogP contribution < -0.4 is 5.73 Å². The van der Waals surface area contributed by atoms with Crippen LogP contribution in [0.15, 0.2) is 12.3 Å². The van der Waals surface area contributed by atoms with Crippen molar-refractivity contribution in [2.75, 3.05) is 6.54 Å². The van der Waals surface area contributed by atoms with Gasteiger partial charge >= 0.3 is 0 Å². The monoisotopic (exact) mass is 219 g/mol. The van der Waals surface area contributed by atoms with Crippen LogP contribution in [0.5, 0.6) is 0 Å². The molecule has 2 N–H and O–H groups in total. The van der Waals surface area contributed by atoms with Crippen molar-refractivity contribution in [3.8, 4) is 0 Å². The molecule has 3 heteroatoms. The lowest BCUT2D eigenvalue weighted by Crippen LogP contribution is -2.09. The van der Waals surface area contributed by atoms with Gasteiger partial charge in [0.2, 0.25) is 0 Å². The van der Waals surface area contributed by atoms with Crippen LogP contribution in [0.4, 0.5) is 0 Å². The lowest BCUT2D eigenvalue weighted by atomic mass is 9.87. The first-order chi connectivity index (χ1) is 7.90. The topological polar surface area (TPSA) is 51.8 Å². The number of hydrogen-bond acceptors (Lipinski definition) is 3. The van der Waals surface area contributed by atoms with Crippen molar-refractivity contribution in [2.24, 2.45) is 5.73 Å². The second-order valence-electron chi connectivity index (χ2n) is 4.62. The fourth-order valence-corrected chi connectivity index (χ4v) is 2.42. The summed E-state index contributed by atoms with van der Waals surface area (Å²) in [6, 6.07) is 2.09. The summed E-state index contributed by atoms with van der Waals surface area (Å²) in [6.45, 7) is 0.719. The molecule has 0 bridgehead atoms. The first-order valence-corrected chi connectivity index (χ1v) is 6.42. The van der Waals surface area contributed by atoms with Crippen LogP contribution in [-0.4, -0.2) is 16.5 Å². The maximum atomic E-state index is 5.50. The summed E-state index contributed by atoms with van der Waals surface area (Å²) in [4.78, 5) is 8.97. The molecule has 0 aromatic carbocycles. The minimum Gasteiger partial charge on any atom is -0.330 e.